The van der Waals surface area contributed by atoms with Crippen molar-refractivity contribution in [2.45, 2.75) is 24.1 Å². The first kappa shape index (κ1) is 18.7. The van der Waals surface area contributed by atoms with Crippen LogP contribution < -0.4 is 14.7 Å². The first-order valence-electron chi connectivity index (χ1n) is 7.91. The summed E-state index contributed by atoms with van der Waals surface area (Å²) in [6, 6.07) is 6.74. The number of amidine groups is 1. The van der Waals surface area contributed by atoms with Gasteiger partial charge in [0.2, 0.25) is 5.91 Å². The number of carboxylic acids is 1. The highest BCUT2D eigenvalue weighted by atomic mass is 32.2. The van der Waals surface area contributed by atoms with Crippen LogP contribution in [0.2, 0.25) is 0 Å². The highest BCUT2D eigenvalue weighted by Gasteiger charge is 2.49. The quantitative estimate of drug-likeness (QED) is 0.672. The molecule has 0 unspecified atom stereocenters. The van der Waals surface area contributed by atoms with Crippen molar-refractivity contribution in [3.63, 3.8) is 0 Å². The van der Waals surface area contributed by atoms with Crippen molar-refractivity contribution >= 4 is 44.3 Å². The summed E-state index contributed by atoms with van der Waals surface area (Å²) in [5.41, 5.74) is 0.674. The number of sulfone groups is 1. The first-order valence-corrected chi connectivity index (χ1v) is 10.6. The molecule has 2 aliphatic heterocycles. The number of ether oxygens (including phenoxy) is 1. The maximum atomic E-state index is 12.0. The number of anilines is 1. The zero-order valence-corrected chi connectivity index (χ0v) is 15.6. The van der Waals surface area contributed by atoms with Gasteiger partial charge < -0.3 is 19.5 Å². The number of aliphatic carboxylic acids is 1. The number of aliphatic imine (C=N–C) groups is 1. The van der Waals surface area contributed by atoms with Crippen molar-refractivity contribution in [1.82, 2.24) is 0 Å². The zero-order chi connectivity index (χ0) is 18.9. The molecule has 2 heterocycles. The predicted octanol–water partition coefficient (Wildman–Crippen LogP) is -0.173. The minimum absolute atomic E-state index is 0.0197. The van der Waals surface area contributed by atoms with E-state index in [4.69, 9.17) is 4.74 Å². The van der Waals surface area contributed by atoms with Crippen molar-refractivity contribution in [1.29, 1.82) is 0 Å². The first-order chi connectivity index (χ1) is 12.3. The fraction of sp³-hybridized carbons (Fsp3) is 0.438. The molecule has 140 valence electrons. The Kier molecular flexibility index (Phi) is 5.24. The summed E-state index contributed by atoms with van der Waals surface area (Å²) >= 11 is 1.23. The van der Waals surface area contributed by atoms with Gasteiger partial charge in [-0.05, 0) is 18.6 Å². The largest absolute Gasteiger partial charge is 0.550 e. The molecule has 0 aromatic heterocycles. The van der Waals surface area contributed by atoms with Gasteiger partial charge in [-0.3, -0.25) is 4.79 Å². The normalized spacial score (nSPS) is 25.3. The monoisotopic (exact) mass is 397 g/mol. The van der Waals surface area contributed by atoms with Gasteiger partial charge in [0.15, 0.2) is 15.0 Å². The highest BCUT2D eigenvalue weighted by molar-refractivity contribution is 8.16. The summed E-state index contributed by atoms with van der Waals surface area (Å²) in [6.45, 7) is 0. The molecular weight excluding hydrogens is 380 g/mol. The van der Waals surface area contributed by atoms with Crippen molar-refractivity contribution in [3.8, 4) is 5.75 Å². The number of methoxy groups -OCH3 is 1. The maximum absolute atomic E-state index is 12.0. The van der Waals surface area contributed by atoms with Crippen molar-refractivity contribution < 1.29 is 27.9 Å². The van der Waals surface area contributed by atoms with E-state index < -0.39 is 28.1 Å². The van der Waals surface area contributed by atoms with E-state index >= 15 is 0 Å². The van der Waals surface area contributed by atoms with Gasteiger partial charge in [-0.1, -0.05) is 17.8 Å². The molecule has 2 saturated heterocycles. The Morgan fingerprint density at radius 1 is 1.35 bits per heavy atom. The van der Waals surface area contributed by atoms with Gasteiger partial charge in [0.25, 0.3) is 0 Å². The van der Waals surface area contributed by atoms with E-state index in [0.717, 1.165) is 0 Å². The van der Waals surface area contributed by atoms with E-state index in [1.54, 1.807) is 29.2 Å². The molecule has 26 heavy (non-hydrogen) atoms. The van der Waals surface area contributed by atoms with E-state index in [-0.39, 0.29) is 29.2 Å². The van der Waals surface area contributed by atoms with Crippen molar-refractivity contribution in [2.75, 3.05) is 23.5 Å². The number of amides is 1. The Labute approximate surface area is 155 Å². The highest BCUT2D eigenvalue weighted by Crippen LogP contribution is 2.41. The number of nitrogens with zero attached hydrogens (tertiary/aromatic N) is 2. The van der Waals surface area contributed by atoms with Crippen LogP contribution >= 0.6 is 11.8 Å². The van der Waals surface area contributed by atoms with E-state index in [0.29, 0.717) is 16.6 Å². The van der Waals surface area contributed by atoms with Gasteiger partial charge in [0.1, 0.15) is 5.75 Å². The van der Waals surface area contributed by atoms with Crippen LogP contribution in [0, 0.1) is 0 Å². The summed E-state index contributed by atoms with van der Waals surface area (Å²) in [7, 11) is -1.63. The summed E-state index contributed by atoms with van der Waals surface area (Å²) in [5.74, 6) is -1.29. The number of carboxylic acid groups (broad SMARTS) is 1. The number of fused-ring (bicyclic) bond motifs is 1. The van der Waals surface area contributed by atoms with Crippen LogP contribution in [-0.2, 0) is 19.4 Å². The molecule has 2 aliphatic rings. The van der Waals surface area contributed by atoms with Crippen LogP contribution in [0.3, 0.4) is 0 Å². The second kappa shape index (κ2) is 7.28. The zero-order valence-electron chi connectivity index (χ0n) is 14.0. The minimum atomic E-state index is -3.16. The third-order valence-electron chi connectivity index (χ3n) is 4.16. The molecule has 10 heteroatoms. The second-order valence-electron chi connectivity index (χ2n) is 6.03. The van der Waals surface area contributed by atoms with Crippen LogP contribution in [-0.4, -0.2) is 55.4 Å². The predicted molar refractivity (Wildman–Crippen MR) is 96.0 cm³/mol. The fourth-order valence-electron chi connectivity index (χ4n) is 3.00. The molecule has 0 bridgehead atoms. The lowest BCUT2D eigenvalue weighted by Gasteiger charge is -2.24. The summed E-state index contributed by atoms with van der Waals surface area (Å²) < 4.78 is 29.2. The molecule has 8 nitrogen and oxygen atoms in total. The Balaban J connectivity index is 1.93. The van der Waals surface area contributed by atoms with Crippen LogP contribution in [0.15, 0.2) is 29.3 Å². The molecule has 3 rings (SSSR count). The lowest BCUT2D eigenvalue weighted by atomic mass is 10.2. The number of benzene rings is 1. The number of thioether (sulfide) groups is 1. The van der Waals surface area contributed by atoms with Crippen LogP contribution in [0.1, 0.15) is 12.8 Å². The molecule has 0 radical (unpaired) electrons. The number of rotatable bonds is 5. The number of carbonyl (C=O) groups is 2. The molecule has 1 aromatic rings. The molecule has 0 spiro atoms. The molecule has 0 saturated carbocycles. The molecule has 1 aromatic carbocycles. The summed E-state index contributed by atoms with van der Waals surface area (Å²) in [6.07, 6.45) is -0.660. The van der Waals surface area contributed by atoms with Gasteiger partial charge in [-0.25, -0.2) is 8.42 Å². The average Bonchev–Trinajstić information content (AvgIpc) is 3.03. The molecule has 0 N–H and O–H groups in total. The number of hydrogen-bond acceptors (Lipinski definition) is 7. The SMILES string of the molecule is COc1cccc(N2C(=NC(=O)CCC(=O)[O-])S[C@@H]3CS(=O)(=O)C[C@@H]32)c1. The molecule has 0 aliphatic carbocycles. The maximum Gasteiger partial charge on any atom is 0.248 e. The van der Waals surface area contributed by atoms with Crippen LogP contribution in [0.4, 0.5) is 5.69 Å². The lowest BCUT2D eigenvalue weighted by molar-refractivity contribution is -0.305. The molecule has 1 amide bonds. The average molecular weight is 397 g/mol. The smallest absolute Gasteiger partial charge is 0.248 e. The van der Waals surface area contributed by atoms with Gasteiger partial charge in [0, 0.05) is 29.4 Å². The number of carbonyl (C=O) groups excluding carboxylic acids is 2. The third-order valence-corrected chi connectivity index (χ3v) is 7.37. The van der Waals surface area contributed by atoms with Crippen molar-refractivity contribution in [3.05, 3.63) is 24.3 Å². The van der Waals surface area contributed by atoms with Crippen LogP contribution in [0.5, 0.6) is 5.75 Å². The number of hydrogen-bond donors (Lipinski definition) is 0. The lowest BCUT2D eigenvalue weighted by Crippen LogP contribution is -2.37. The van der Waals surface area contributed by atoms with Crippen LogP contribution in [0.25, 0.3) is 0 Å². The van der Waals surface area contributed by atoms with E-state index in [2.05, 4.69) is 4.99 Å². The Morgan fingerprint density at radius 2 is 2.12 bits per heavy atom. The topological polar surface area (TPSA) is 116 Å². The minimum Gasteiger partial charge on any atom is -0.550 e. The van der Waals surface area contributed by atoms with Gasteiger partial charge in [0.05, 0.1) is 24.7 Å². The summed E-state index contributed by atoms with van der Waals surface area (Å²) in [5, 5.41) is 10.7. The summed E-state index contributed by atoms with van der Waals surface area (Å²) in [4.78, 5) is 28.3. The second-order valence-corrected chi connectivity index (χ2v) is 9.39. The van der Waals surface area contributed by atoms with Crippen molar-refractivity contribution in [2.24, 2.45) is 4.99 Å². The standard InChI is InChI=1S/C16H18N2O6S2/c1-24-11-4-2-3-10(7-11)18-12-8-26(22,23)9-13(12)25-16(18)17-14(19)5-6-15(20)21/h2-4,7,12-13H,5-6,8-9H2,1H3,(H,20,21)/p-1/t12-,13+/m0/s1. The van der Waals surface area contributed by atoms with Gasteiger partial charge in [-0.15, -0.1) is 0 Å². The Bertz CT molecular complexity index is 867. The van der Waals surface area contributed by atoms with E-state index in [9.17, 15) is 23.1 Å². The molecular formula is C16H17N2O6S2-. The molecule has 2 fully saturated rings. The Hall–Kier alpha value is -2.07. The van der Waals surface area contributed by atoms with Gasteiger partial charge >= 0.3 is 0 Å². The van der Waals surface area contributed by atoms with E-state index in [1.165, 1.54) is 18.9 Å². The van der Waals surface area contributed by atoms with Gasteiger partial charge in [-0.2, -0.15) is 4.99 Å². The fourth-order valence-corrected chi connectivity index (χ4v) is 6.93. The Morgan fingerprint density at radius 3 is 2.81 bits per heavy atom. The van der Waals surface area contributed by atoms with E-state index in [1.807, 2.05) is 0 Å². The molecule has 2 atom stereocenters. The third kappa shape index (κ3) is 4.01.